The molecule has 0 bridgehead atoms. The maximum Gasteiger partial charge on any atom is 0.262 e. The van der Waals surface area contributed by atoms with Crippen LogP contribution >= 0.6 is 0 Å². The second-order valence-electron chi connectivity index (χ2n) is 9.24. The van der Waals surface area contributed by atoms with Crippen molar-refractivity contribution in [2.45, 2.75) is 11.3 Å². The fourth-order valence-corrected chi connectivity index (χ4v) is 5.39. The van der Waals surface area contributed by atoms with Gasteiger partial charge in [-0.15, -0.1) is 6.58 Å². The van der Waals surface area contributed by atoms with Gasteiger partial charge in [-0.25, -0.2) is 12.8 Å². The van der Waals surface area contributed by atoms with Crippen LogP contribution in [0.2, 0.25) is 0 Å². The molecule has 0 saturated heterocycles. The van der Waals surface area contributed by atoms with Gasteiger partial charge in [0.2, 0.25) is 0 Å². The van der Waals surface area contributed by atoms with E-state index in [0.717, 1.165) is 53.0 Å². The number of hydrogen-bond acceptors (Lipinski definition) is 5. The summed E-state index contributed by atoms with van der Waals surface area (Å²) < 4.78 is 38.1. The molecule has 0 radical (unpaired) electrons. The number of aromatic nitrogens is 2. The Morgan fingerprint density at radius 2 is 1.80 bits per heavy atom. The van der Waals surface area contributed by atoms with Gasteiger partial charge in [0.05, 0.1) is 17.2 Å². The van der Waals surface area contributed by atoms with E-state index in [1.165, 1.54) is 23.8 Å². The van der Waals surface area contributed by atoms with Gasteiger partial charge in [0.15, 0.2) is 0 Å². The third-order valence-electron chi connectivity index (χ3n) is 6.61. The summed E-state index contributed by atoms with van der Waals surface area (Å²) in [6.45, 7) is 5.12. The molecule has 0 aliphatic carbocycles. The third-order valence-corrected chi connectivity index (χ3v) is 7.84. The highest BCUT2D eigenvalue weighted by atomic mass is 32.2. The van der Waals surface area contributed by atoms with Crippen molar-refractivity contribution in [1.82, 2.24) is 19.8 Å². The van der Waals surface area contributed by atoms with E-state index in [4.69, 9.17) is 4.84 Å². The first-order valence-corrected chi connectivity index (χ1v) is 14.3. The smallest absolute Gasteiger partial charge is 0.262 e. The number of halogens is 1. The second-order valence-corrected chi connectivity index (χ2v) is 10.9. The zero-order valence-corrected chi connectivity index (χ0v) is 22.6. The number of benzene rings is 2. The molecule has 9 heteroatoms. The summed E-state index contributed by atoms with van der Waals surface area (Å²) in [7, 11) is -3.74. The maximum absolute atomic E-state index is 13.6. The molecule has 0 unspecified atom stereocenters. The zero-order valence-electron chi connectivity index (χ0n) is 21.8. The first-order chi connectivity index (χ1) is 19.4. The Morgan fingerprint density at radius 3 is 2.48 bits per heavy atom. The number of rotatable bonds is 10. The topological polar surface area (TPSA) is 87.3 Å². The van der Waals surface area contributed by atoms with Gasteiger partial charge in [0, 0.05) is 42.8 Å². The van der Waals surface area contributed by atoms with Gasteiger partial charge >= 0.3 is 0 Å². The van der Waals surface area contributed by atoms with Crippen molar-refractivity contribution in [1.29, 1.82) is 0 Å². The molecule has 0 fully saturated rings. The summed E-state index contributed by atoms with van der Waals surface area (Å²) >= 11 is 0. The van der Waals surface area contributed by atoms with Gasteiger partial charge < -0.3 is 9.88 Å². The molecule has 0 atom stereocenters. The van der Waals surface area contributed by atoms with Gasteiger partial charge in [-0.05, 0) is 89.5 Å². The van der Waals surface area contributed by atoms with E-state index in [1.807, 2.05) is 30.6 Å². The summed E-state index contributed by atoms with van der Waals surface area (Å²) in [4.78, 5) is 16.9. The molecular weight excluding hydrogens is 527 g/mol. The SMILES string of the molecule is C=CCONS(=O)(=O)c1ccc(C=CN2CC=C(c3c[nH]c(-c4ccc(F)cc4)c3-c3ccncc3)CC2)cc1. The molecular formula is C31H29FN4O3S. The standard InChI is InChI=1S/C31H29FN4O3S/c1-2-21-39-35-40(37,38)28-9-3-23(4-10-28)13-18-36-19-14-24(15-20-36)29-22-34-31(26-5-7-27(32)8-6-26)30(29)25-11-16-33-17-12-25/h2-14,16-18,22,34-35H,1,15,19-21H2. The van der Waals surface area contributed by atoms with Crippen molar-refractivity contribution in [3.05, 3.63) is 121 Å². The Hall–Kier alpha value is -4.31. The van der Waals surface area contributed by atoms with Crippen LogP contribution in [0.15, 0.2) is 109 Å². The lowest BCUT2D eigenvalue weighted by atomic mass is 9.92. The minimum Gasteiger partial charge on any atom is -0.373 e. The van der Waals surface area contributed by atoms with Crippen LogP contribution in [0.5, 0.6) is 0 Å². The van der Waals surface area contributed by atoms with E-state index in [0.29, 0.717) is 0 Å². The predicted molar refractivity (Wildman–Crippen MR) is 156 cm³/mol. The summed E-state index contributed by atoms with van der Waals surface area (Å²) in [6.07, 6.45) is 14.1. The lowest BCUT2D eigenvalue weighted by Crippen LogP contribution is -2.24. The van der Waals surface area contributed by atoms with Crippen LogP contribution < -0.4 is 4.89 Å². The first-order valence-electron chi connectivity index (χ1n) is 12.8. The van der Waals surface area contributed by atoms with Gasteiger partial charge in [-0.3, -0.25) is 9.82 Å². The van der Waals surface area contributed by atoms with Crippen molar-refractivity contribution in [3.63, 3.8) is 0 Å². The Morgan fingerprint density at radius 1 is 1.05 bits per heavy atom. The van der Waals surface area contributed by atoms with E-state index in [-0.39, 0.29) is 17.3 Å². The van der Waals surface area contributed by atoms with Gasteiger partial charge in [-0.2, -0.15) is 0 Å². The largest absolute Gasteiger partial charge is 0.373 e. The van der Waals surface area contributed by atoms with Crippen LogP contribution in [0, 0.1) is 5.82 Å². The van der Waals surface area contributed by atoms with Gasteiger partial charge in [0.1, 0.15) is 5.82 Å². The quantitative estimate of drug-likeness (QED) is 0.141. The average molecular weight is 557 g/mol. The number of aromatic amines is 1. The summed E-state index contributed by atoms with van der Waals surface area (Å²) in [5, 5.41) is 0. The molecule has 1 aliphatic heterocycles. The number of nitrogens with zero attached hydrogens (tertiary/aromatic N) is 2. The molecule has 40 heavy (non-hydrogen) atoms. The summed E-state index contributed by atoms with van der Waals surface area (Å²) in [5.74, 6) is -0.268. The average Bonchev–Trinajstić information content (AvgIpc) is 3.43. The van der Waals surface area contributed by atoms with Crippen LogP contribution in [0.4, 0.5) is 4.39 Å². The Labute approximate surface area is 233 Å². The highest BCUT2D eigenvalue weighted by Gasteiger charge is 2.20. The Bertz CT molecular complexity index is 1630. The lowest BCUT2D eigenvalue weighted by Gasteiger charge is -2.25. The highest BCUT2D eigenvalue weighted by Crippen LogP contribution is 2.39. The number of pyridine rings is 1. The number of hydrogen-bond donors (Lipinski definition) is 2. The molecule has 4 aromatic rings. The monoisotopic (exact) mass is 556 g/mol. The molecule has 7 nitrogen and oxygen atoms in total. The lowest BCUT2D eigenvalue weighted by molar-refractivity contribution is 0.119. The summed E-state index contributed by atoms with van der Waals surface area (Å²) in [5.41, 5.74) is 7.22. The van der Waals surface area contributed by atoms with Crippen LogP contribution in [0.25, 0.3) is 34.0 Å². The molecule has 3 heterocycles. The number of sulfonamides is 1. The van der Waals surface area contributed by atoms with Gasteiger partial charge in [0.25, 0.3) is 10.0 Å². The van der Waals surface area contributed by atoms with Crippen LogP contribution in [0.1, 0.15) is 17.5 Å². The minimum atomic E-state index is -3.74. The molecule has 204 valence electrons. The normalized spacial score (nSPS) is 13.9. The maximum atomic E-state index is 13.6. The minimum absolute atomic E-state index is 0.0800. The Kier molecular flexibility index (Phi) is 8.35. The molecule has 0 amide bonds. The zero-order chi connectivity index (χ0) is 28.0. The molecule has 1 aliphatic rings. The molecule has 0 spiro atoms. The molecule has 2 N–H and O–H groups in total. The first kappa shape index (κ1) is 27.3. The predicted octanol–water partition coefficient (Wildman–Crippen LogP) is 6.04. The van der Waals surface area contributed by atoms with E-state index >= 15 is 0 Å². The fraction of sp³-hybridized carbons (Fsp3) is 0.129. The van der Waals surface area contributed by atoms with Gasteiger partial charge in [-0.1, -0.05) is 29.2 Å². The fourth-order valence-electron chi connectivity index (χ4n) is 4.57. The second kappa shape index (κ2) is 12.3. The van der Waals surface area contributed by atoms with Crippen LogP contribution in [-0.2, 0) is 14.9 Å². The van der Waals surface area contributed by atoms with E-state index in [1.54, 1.807) is 48.8 Å². The van der Waals surface area contributed by atoms with E-state index in [2.05, 4.69) is 32.4 Å². The molecule has 2 aromatic heterocycles. The number of nitrogens with one attached hydrogen (secondary N) is 2. The molecule has 2 aromatic carbocycles. The molecule has 0 saturated carbocycles. The van der Waals surface area contributed by atoms with Crippen molar-refractivity contribution in [3.8, 4) is 22.4 Å². The van der Waals surface area contributed by atoms with Crippen LogP contribution in [0.3, 0.4) is 0 Å². The van der Waals surface area contributed by atoms with Crippen LogP contribution in [-0.4, -0.2) is 43.0 Å². The number of H-pyrrole nitrogens is 1. The Balaban J connectivity index is 1.31. The van der Waals surface area contributed by atoms with Crippen molar-refractivity contribution in [2.75, 3.05) is 19.7 Å². The highest BCUT2D eigenvalue weighted by molar-refractivity contribution is 7.89. The summed E-state index contributed by atoms with van der Waals surface area (Å²) in [6, 6.07) is 17.1. The van der Waals surface area contributed by atoms with E-state index < -0.39 is 10.0 Å². The molecule has 5 rings (SSSR count). The van der Waals surface area contributed by atoms with Crippen molar-refractivity contribution in [2.24, 2.45) is 0 Å². The van der Waals surface area contributed by atoms with E-state index in [9.17, 15) is 12.8 Å². The van der Waals surface area contributed by atoms with Crippen molar-refractivity contribution < 1.29 is 17.6 Å². The third kappa shape index (κ3) is 6.28. The van der Waals surface area contributed by atoms with Crippen molar-refractivity contribution >= 4 is 21.7 Å².